The highest BCUT2D eigenvalue weighted by atomic mass is 35.5. The molecule has 0 bridgehead atoms. The second-order valence-electron chi connectivity index (χ2n) is 4.61. The number of nitrogens with one attached hydrogen (secondary N) is 1. The van der Waals surface area contributed by atoms with Gasteiger partial charge in [-0.2, -0.15) is 0 Å². The number of hydrogen-bond acceptors (Lipinski definition) is 7. The van der Waals surface area contributed by atoms with E-state index in [1.54, 1.807) is 0 Å². The van der Waals surface area contributed by atoms with E-state index in [-0.39, 0.29) is 29.8 Å². The van der Waals surface area contributed by atoms with Crippen molar-refractivity contribution in [3.8, 4) is 11.5 Å². The van der Waals surface area contributed by atoms with Crippen LogP contribution in [0.1, 0.15) is 16.4 Å². The van der Waals surface area contributed by atoms with E-state index in [2.05, 4.69) is 15.2 Å². The SMILES string of the molecule is O=C(OCc1nnc(-c2ccc([N+](=O)[O-])cc2)o1)c1cc(Cl)c[nH]1. The molecule has 0 unspecified atom stereocenters. The molecule has 3 aromatic rings. The number of esters is 1. The first-order chi connectivity index (χ1) is 11.5. The number of ether oxygens (including phenoxy) is 1. The predicted octanol–water partition coefficient (Wildman–Crippen LogP) is 2.98. The number of nitrogens with zero attached hydrogens (tertiary/aromatic N) is 3. The maximum Gasteiger partial charge on any atom is 0.355 e. The number of halogens is 1. The number of aromatic nitrogens is 3. The Labute approximate surface area is 139 Å². The molecule has 0 aliphatic heterocycles. The number of H-pyrrole nitrogens is 1. The Morgan fingerprint density at radius 3 is 2.71 bits per heavy atom. The van der Waals surface area contributed by atoms with Gasteiger partial charge in [-0.05, 0) is 18.2 Å². The molecule has 10 heteroatoms. The van der Waals surface area contributed by atoms with Crippen molar-refractivity contribution in [2.75, 3.05) is 0 Å². The number of carbonyl (C=O) groups excluding carboxylic acids is 1. The Morgan fingerprint density at radius 2 is 2.08 bits per heavy atom. The lowest BCUT2D eigenvalue weighted by Crippen LogP contribution is -2.05. The van der Waals surface area contributed by atoms with Crippen LogP contribution in [0.5, 0.6) is 0 Å². The summed E-state index contributed by atoms with van der Waals surface area (Å²) < 4.78 is 10.4. The number of nitro benzene ring substituents is 1. The van der Waals surface area contributed by atoms with E-state index in [4.69, 9.17) is 20.8 Å². The highest BCUT2D eigenvalue weighted by Crippen LogP contribution is 2.21. The third-order valence-electron chi connectivity index (χ3n) is 2.99. The fourth-order valence-corrected chi connectivity index (χ4v) is 2.01. The van der Waals surface area contributed by atoms with Gasteiger partial charge in [0.1, 0.15) is 5.69 Å². The van der Waals surface area contributed by atoms with Crippen LogP contribution in [0.2, 0.25) is 5.02 Å². The van der Waals surface area contributed by atoms with Crippen molar-refractivity contribution in [3.05, 3.63) is 63.3 Å². The van der Waals surface area contributed by atoms with Crippen LogP contribution < -0.4 is 0 Å². The first kappa shape index (κ1) is 15.7. The van der Waals surface area contributed by atoms with E-state index < -0.39 is 10.9 Å². The molecule has 0 aliphatic carbocycles. The molecule has 0 radical (unpaired) electrons. The van der Waals surface area contributed by atoms with Gasteiger partial charge in [-0.15, -0.1) is 10.2 Å². The molecule has 0 atom stereocenters. The molecular formula is C14H9ClN4O5. The van der Waals surface area contributed by atoms with Crippen LogP contribution in [0.3, 0.4) is 0 Å². The monoisotopic (exact) mass is 348 g/mol. The van der Waals surface area contributed by atoms with Gasteiger partial charge in [0.25, 0.3) is 11.6 Å². The normalized spacial score (nSPS) is 10.5. The molecule has 1 N–H and O–H groups in total. The van der Waals surface area contributed by atoms with Gasteiger partial charge in [0, 0.05) is 23.9 Å². The largest absolute Gasteiger partial charge is 0.451 e. The maximum atomic E-state index is 11.7. The predicted molar refractivity (Wildman–Crippen MR) is 81.3 cm³/mol. The summed E-state index contributed by atoms with van der Waals surface area (Å²) in [7, 11) is 0. The Bertz CT molecular complexity index is 887. The third kappa shape index (κ3) is 3.41. The second-order valence-corrected chi connectivity index (χ2v) is 5.05. The zero-order chi connectivity index (χ0) is 17.1. The number of aromatic amines is 1. The van der Waals surface area contributed by atoms with Gasteiger partial charge in [0.15, 0.2) is 6.61 Å². The molecular weight excluding hydrogens is 340 g/mol. The molecule has 0 fully saturated rings. The highest BCUT2D eigenvalue weighted by Gasteiger charge is 2.14. The van der Waals surface area contributed by atoms with Crippen LogP contribution in [0.4, 0.5) is 5.69 Å². The minimum absolute atomic E-state index is 0.0444. The van der Waals surface area contributed by atoms with Gasteiger partial charge >= 0.3 is 5.97 Å². The molecule has 122 valence electrons. The van der Waals surface area contributed by atoms with Crippen molar-refractivity contribution in [1.82, 2.24) is 15.2 Å². The quantitative estimate of drug-likeness (QED) is 0.427. The minimum Gasteiger partial charge on any atom is -0.451 e. The Morgan fingerprint density at radius 1 is 1.33 bits per heavy atom. The number of benzene rings is 1. The first-order valence-corrected chi connectivity index (χ1v) is 6.99. The Balaban J connectivity index is 1.65. The molecule has 9 nitrogen and oxygen atoms in total. The summed E-state index contributed by atoms with van der Waals surface area (Å²) in [4.78, 5) is 24.5. The van der Waals surface area contributed by atoms with Crippen molar-refractivity contribution >= 4 is 23.3 Å². The zero-order valence-electron chi connectivity index (χ0n) is 11.9. The Hall–Kier alpha value is -3.20. The van der Waals surface area contributed by atoms with E-state index in [1.807, 2.05) is 0 Å². The van der Waals surface area contributed by atoms with Crippen molar-refractivity contribution in [3.63, 3.8) is 0 Å². The van der Waals surface area contributed by atoms with Crippen molar-refractivity contribution in [2.24, 2.45) is 0 Å². The van der Waals surface area contributed by atoms with Gasteiger partial charge in [-0.3, -0.25) is 10.1 Å². The summed E-state index contributed by atoms with van der Waals surface area (Å²) in [6, 6.07) is 7.06. The number of rotatable bonds is 5. The second kappa shape index (κ2) is 6.50. The summed E-state index contributed by atoms with van der Waals surface area (Å²) in [5, 5.41) is 18.6. The molecule has 0 spiro atoms. The van der Waals surface area contributed by atoms with Crippen LogP contribution in [0.25, 0.3) is 11.5 Å². The van der Waals surface area contributed by atoms with Gasteiger partial charge in [-0.1, -0.05) is 11.6 Å². The van der Waals surface area contributed by atoms with Gasteiger partial charge in [0.05, 0.1) is 9.95 Å². The van der Waals surface area contributed by atoms with Crippen molar-refractivity contribution in [2.45, 2.75) is 6.61 Å². The average molecular weight is 349 g/mol. The van der Waals surface area contributed by atoms with E-state index in [0.717, 1.165) is 0 Å². The van der Waals surface area contributed by atoms with Crippen LogP contribution in [-0.4, -0.2) is 26.1 Å². The summed E-state index contributed by atoms with van der Waals surface area (Å²) in [5.41, 5.74) is 0.675. The number of non-ortho nitro benzene ring substituents is 1. The smallest absolute Gasteiger partial charge is 0.355 e. The fourth-order valence-electron chi connectivity index (χ4n) is 1.85. The van der Waals surface area contributed by atoms with Gasteiger partial charge in [0.2, 0.25) is 5.89 Å². The molecule has 3 rings (SSSR count). The summed E-state index contributed by atoms with van der Waals surface area (Å²) in [6.07, 6.45) is 1.46. The van der Waals surface area contributed by atoms with Crippen LogP contribution in [0.15, 0.2) is 40.9 Å². The van der Waals surface area contributed by atoms with Crippen LogP contribution >= 0.6 is 11.6 Å². The lowest BCUT2D eigenvalue weighted by Gasteiger charge is -1.99. The lowest BCUT2D eigenvalue weighted by molar-refractivity contribution is -0.384. The summed E-state index contributed by atoms with van der Waals surface area (Å²) in [6.45, 7) is -0.213. The lowest BCUT2D eigenvalue weighted by atomic mass is 10.2. The van der Waals surface area contributed by atoms with E-state index in [0.29, 0.717) is 10.6 Å². The average Bonchev–Trinajstić information content (AvgIpc) is 3.22. The van der Waals surface area contributed by atoms with E-state index >= 15 is 0 Å². The number of hydrogen-bond donors (Lipinski definition) is 1. The highest BCUT2D eigenvalue weighted by molar-refractivity contribution is 6.30. The van der Waals surface area contributed by atoms with Crippen molar-refractivity contribution in [1.29, 1.82) is 0 Å². The van der Waals surface area contributed by atoms with Crippen LogP contribution in [-0.2, 0) is 11.3 Å². The molecule has 0 amide bonds. The minimum atomic E-state index is -0.614. The number of nitro groups is 1. The zero-order valence-corrected chi connectivity index (χ0v) is 12.7. The first-order valence-electron chi connectivity index (χ1n) is 6.61. The van der Waals surface area contributed by atoms with E-state index in [9.17, 15) is 14.9 Å². The topological polar surface area (TPSA) is 124 Å². The summed E-state index contributed by atoms with van der Waals surface area (Å²) in [5.74, 6) is -0.356. The van der Waals surface area contributed by atoms with Crippen molar-refractivity contribution < 1.29 is 18.9 Å². The molecule has 2 heterocycles. The number of carbonyl (C=O) groups is 1. The fraction of sp³-hybridized carbons (Fsp3) is 0.0714. The molecule has 0 saturated carbocycles. The maximum absolute atomic E-state index is 11.7. The molecule has 24 heavy (non-hydrogen) atoms. The molecule has 2 aromatic heterocycles. The van der Waals surface area contributed by atoms with E-state index in [1.165, 1.54) is 36.5 Å². The Kier molecular flexibility index (Phi) is 4.25. The third-order valence-corrected chi connectivity index (χ3v) is 3.20. The van der Waals surface area contributed by atoms with Gasteiger partial charge < -0.3 is 14.1 Å². The summed E-state index contributed by atoms with van der Waals surface area (Å²) >= 11 is 5.70. The van der Waals surface area contributed by atoms with Crippen LogP contribution in [0, 0.1) is 10.1 Å². The molecule has 0 saturated heterocycles. The molecule has 0 aliphatic rings. The molecule has 1 aromatic carbocycles. The standard InChI is InChI=1S/C14H9ClN4O5/c15-9-5-11(16-6-9)14(20)23-7-12-17-18-13(24-12)8-1-3-10(4-2-8)19(21)22/h1-6,16H,7H2. The van der Waals surface area contributed by atoms with Gasteiger partial charge in [-0.25, -0.2) is 4.79 Å².